The maximum atomic E-state index is 12.4. The molecule has 0 bridgehead atoms. The highest BCUT2D eigenvalue weighted by atomic mass is 16.5. The summed E-state index contributed by atoms with van der Waals surface area (Å²) in [4.78, 5) is 24.7. The summed E-state index contributed by atoms with van der Waals surface area (Å²) in [5.41, 5.74) is 2.86. The summed E-state index contributed by atoms with van der Waals surface area (Å²) >= 11 is 0. The summed E-state index contributed by atoms with van der Waals surface area (Å²) in [6, 6.07) is 21.7. The molecule has 5 nitrogen and oxygen atoms in total. The van der Waals surface area contributed by atoms with Crippen LogP contribution in [-0.4, -0.2) is 32.1 Å². The summed E-state index contributed by atoms with van der Waals surface area (Å²) in [5.74, 6) is 0.731. The standard InChI is InChI=1S/C28H30O5/c1-3-4-5-6-19-32-26-17-13-23(14-18-26)27(29)20-33-28(30)24-9-7-21(8-10-24)22-11-15-25(31-2)16-12-22/h7-18H,3-6,19-20H2,1-2H3. The topological polar surface area (TPSA) is 61.8 Å². The van der Waals surface area contributed by atoms with Crippen molar-refractivity contribution in [1.29, 1.82) is 0 Å². The van der Waals surface area contributed by atoms with Crippen LogP contribution in [0.4, 0.5) is 0 Å². The lowest BCUT2D eigenvalue weighted by Gasteiger charge is -2.08. The number of hydrogen-bond acceptors (Lipinski definition) is 5. The van der Waals surface area contributed by atoms with E-state index in [-0.39, 0.29) is 12.4 Å². The molecule has 3 aromatic carbocycles. The van der Waals surface area contributed by atoms with Crippen molar-refractivity contribution in [2.75, 3.05) is 20.3 Å². The molecule has 0 aromatic heterocycles. The van der Waals surface area contributed by atoms with Crippen LogP contribution in [-0.2, 0) is 4.74 Å². The fourth-order valence-electron chi connectivity index (χ4n) is 3.34. The van der Waals surface area contributed by atoms with Crippen LogP contribution >= 0.6 is 0 Å². The number of unbranched alkanes of at least 4 members (excludes halogenated alkanes) is 3. The van der Waals surface area contributed by atoms with Gasteiger partial charge in [-0.2, -0.15) is 0 Å². The van der Waals surface area contributed by atoms with Gasteiger partial charge in [-0.05, 0) is 66.1 Å². The summed E-state index contributed by atoms with van der Waals surface area (Å²) in [6.45, 7) is 2.53. The van der Waals surface area contributed by atoms with Crippen molar-refractivity contribution in [3.05, 3.63) is 83.9 Å². The third-order valence-corrected chi connectivity index (χ3v) is 5.32. The maximum Gasteiger partial charge on any atom is 0.338 e. The molecule has 0 radical (unpaired) electrons. The van der Waals surface area contributed by atoms with E-state index in [9.17, 15) is 9.59 Å². The molecule has 0 N–H and O–H groups in total. The molecule has 3 aromatic rings. The van der Waals surface area contributed by atoms with E-state index in [2.05, 4.69) is 6.92 Å². The molecule has 0 aliphatic heterocycles. The molecule has 0 aliphatic carbocycles. The van der Waals surface area contributed by atoms with Gasteiger partial charge in [0.25, 0.3) is 0 Å². The summed E-state index contributed by atoms with van der Waals surface area (Å²) < 4.78 is 16.1. The van der Waals surface area contributed by atoms with Gasteiger partial charge in [-0.25, -0.2) is 4.79 Å². The Labute approximate surface area is 195 Å². The molecule has 0 saturated heterocycles. The van der Waals surface area contributed by atoms with Gasteiger partial charge in [-0.1, -0.05) is 50.5 Å². The highest BCUT2D eigenvalue weighted by Crippen LogP contribution is 2.23. The Balaban J connectivity index is 1.48. The van der Waals surface area contributed by atoms with E-state index in [0.29, 0.717) is 17.7 Å². The van der Waals surface area contributed by atoms with Crippen molar-refractivity contribution in [2.24, 2.45) is 0 Å². The molecule has 0 fully saturated rings. The number of ketones is 1. The minimum absolute atomic E-state index is 0.257. The Morgan fingerprint density at radius 1 is 0.697 bits per heavy atom. The zero-order chi connectivity index (χ0) is 23.5. The third kappa shape index (κ3) is 7.21. The Morgan fingerprint density at radius 2 is 1.27 bits per heavy atom. The predicted octanol–water partition coefficient (Wildman–Crippen LogP) is 6.36. The van der Waals surface area contributed by atoms with Crippen LogP contribution in [0, 0.1) is 0 Å². The molecule has 5 heteroatoms. The lowest BCUT2D eigenvalue weighted by Crippen LogP contribution is -2.14. The number of esters is 1. The average Bonchev–Trinajstić information content (AvgIpc) is 2.87. The van der Waals surface area contributed by atoms with E-state index in [1.807, 2.05) is 36.4 Å². The highest BCUT2D eigenvalue weighted by molar-refractivity contribution is 5.99. The molecule has 0 aliphatic rings. The molecule has 3 rings (SSSR count). The second-order valence-electron chi connectivity index (χ2n) is 7.74. The fraction of sp³-hybridized carbons (Fsp3) is 0.286. The van der Waals surface area contributed by atoms with E-state index in [0.717, 1.165) is 35.5 Å². The lowest BCUT2D eigenvalue weighted by atomic mass is 10.0. The number of benzene rings is 3. The first kappa shape index (κ1) is 24.1. The highest BCUT2D eigenvalue weighted by Gasteiger charge is 2.12. The number of carbonyl (C=O) groups excluding carboxylic acids is 2. The van der Waals surface area contributed by atoms with Gasteiger partial charge >= 0.3 is 5.97 Å². The SMILES string of the molecule is CCCCCCOc1ccc(C(=O)COC(=O)c2ccc(-c3ccc(OC)cc3)cc2)cc1. The first-order valence-electron chi connectivity index (χ1n) is 11.3. The normalized spacial score (nSPS) is 10.5. The number of Topliss-reactive ketones (excluding diaryl/α,β-unsaturated/α-hetero) is 1. The van der Waals surface area contributed by atoms with Gasteiger partial charge in [0.05, 0.1) is 19.3 Å². The van der Waals surface area contributed by atoms with Crippen LogP contribution in [0.5, 0.6) is 11.5 Å². The monoisotopic (exact) mass is 446 g/mol. The Kier molecular flexibility index (Phi) is 9.07. The Hall–Kier alpha value is -3.60. The van der Waals surface area contributed by atoms with Crippen LogP contribution in [0.15, 0.2) is 72.8 Å². The summed E-state index contributed by atoms with van der Waals surface area (Å²) in [6.07, 6.45) is 4.58. The van der Waals surface area contributed by atoms with Gasteiger partial charge in [0.15, 0.2) is 12.4 Å². The van der Waals surface area contributed by atoms with E-state index >= 15 is 0 Å². The summed E-state index contributed by atoms with van der Waals surface area (Å²) in [7, 11) is 1.63. The molecule has 0 spiro atoms. The van der Waals surface area contributed by atoms with Crippen molar-refractivity contribution in [3.63, 3.8) is 0 Å². The largest absolute Gasteiger partial charge is 0.497 e. The first-order chi connectivity index (χ1) is 16.1. The number of methoxy groups -OCH3 is 1. The quantitative estimate of drug-likeness (QED) is 0.184. The van der Waals surface area contributed by atoms with E-state index < -0.39 is 5.97 Å². The van der Waals surface area contributed by atoms with Crippen LogP contribution in [0.3, 0.4) is 0 Å². The second kappa shape index (κ2) is 12.4. The van der Waals surface area contributed by atoms with Crippen LogP contribution in [0.1, 0.15) is 53.3 Å². The molecule has 33 heavy (non-hydrogen) atoms. The van der Waals surface area contributed by atoms with Gasteiger partial charge in [0.1, 0.15) is 11.5 Å². The maximum absolute atomic E-state index is 12.4. The molecule has 0 saturated carbocycles. The molecule has 0 amide bonds. The van der Waals surface area contributed by atoms with Gasteiger partial charge in [0, 0.05) is 5.56 Å². The lowest BCUT2D eigenvalue weighted by molar-refractivity contribution is 0.0474. The van der Waals surface area contributed by atoms with E-state index in [1.54, 1.807) is 43.5 Å². The van der Waals surface area contributed by atoms with Crippen LogP contribution in [0.2, 0.25) is 0 Å². The van der Waals surface area contributed by atoms with Crippen molar-refractivity contribution in [1.82, 2.24) is 0 Å². The Morgan fingerprint density at radius 3 is 1.88 bits per heavy atom. The van der Waals surface area contributed by atoms with Crippen molar-refractivity contribution in [2.45, 2.75) is 32.6 Å². The van der Waals surface area contributed by atoms with Crippen molar-refractivity contribution < 1.29 is 23.8 Å². The first-order valence-corrected chi connectivity index (χ1v) is 11.3. The van der Waals surface area contributed by atoms with Gasteiger partial charge < -0.3 is 14.2 Å². The molecule has 0 atom stereocenters. The minimum Gasteiger partial charge on any atom is -0.497 e. The van der Waals surface area contributed by atoms with E-state index in [4.69, 9.17) is 14.2 Å². The molecular formula is C28H30O5. The molecular weight excluding hydrogens is 416 g/mol. The predicted molar refractivity (Wildman–Crippen MR) is 129 cm³/mol. The smallest absolute Gasteiger partial charge is 0.338 e. The number of hydrogen-bond donors (Lipinski definition) is 0. The minimum atomic E-state index is -0.531. The number of carbonyl (C=O) groups is 2. The van der Waals surface area contributed by atoms with Crippen molar-refractivity contribution >= 4 is 11.8 Å². The zero-order valence-corrected chi connectivity index (χ0v) is 19.2. The fourth-order valence-corrected chi connectivity index (χ4v) is 3.34. The zero-order valence-electron chi connectivity index (χ0n) is 19.2. The molecule has 0 heterocycles. The molecule has 172 valence electrons. The van der Waals surface area contributed by atoms with E-state index in [1.165, 1.54) is 12.8 Å². The van der Waals surface area contributed by atoms with Crippen LogP contribution < -0.4 is 9.47 Å². The number of ether oxygens (including phenoxy) is 3. The van der Waals surface area contributed by atoms with Crippen molar-refractivity contribution in [3.8, 4) is 22.6 Å². The second-order valence-corrected chi connectivity index (χ2v) is 7.74. The third-order valence-electron chi connectivity index (χ3n) is 5.32. The van der Waals surface area contributed by atoms with Crippen LogP contribution in [0.25, 0.3) is 11.1 Å². The van der Waals surface area contributed by atoms with Gasteiger partial charge in [0.2, 0.25) is 0 Å². The Bertz CT molecular complexity index is 1020. The van der Waals surface area contributed by atoms with Gasteiger partial charge in [-0.15, -0.1) is 0 Å². The van der Waals surface area contributed by atoms with Gasteiger partial charge in [-0.3, -0.25) is 4.79 Å². The average molecular weight is 447 g/mol. The number of rotatable bonds is 12. The summed E-state index contributed by atoms with van der Waals surface area (Å²) in [5, 5.41) is 0. The molecule has 0 unspecified atom stereocenters.